The molecule has 13 atom stereocenters. The fraction of sp³-hybridized carbons (Fsp3) is 0.797. The van der Waals surface area contributed by atoms with E-state index in [2.05, 4.69) is 20.6 Å². The van der Waals surface area contributed by atoms with E-state index in [4.69, 9.17) is 0 Å². The van der Waals surface area contributed by atoms with Crippen LogP contribution in [0, 0.1) is 59.2 Å². The van der Waals surface area contributed by atoms with E-state index in [1.54, 1.807) is 47.1 Å². The summed E-state index contributed by atoms with van der Waals surface area (Å²) in [6.45, 7) is 31.4. The van der Waals surface area contributed by atoms with Gasteiger partial charge in [0.2, 0.25) is 47.3 Å². The quantitative estimate of drug-likeness (QED) is 0.117. The lowest BCUT2D eigenvalue weighted by atomic mass is 9.84. The molecule has 0 saturated carbocycles. The number of hydrogen-bond donors (Lipinski definition) is 4. The van der Waals surface area contributed by atoms with Gasteiger partial charge in [0.25, 0.3) is 0 Å². The first-order valence-electron chi connectivity index (χ1n) is 33.8. The van der Waals surface area contributed by atoms with Crippen molar-refractivity contribution in [2.75, 3.05) is 62.4 Å². The third-order valence-electron chi connectivity index (χ3n) is 18.7. The summed E-state index contributed by atoms with van der Waals surface area (Å²) in [5.41, 5.74) is 0.933. The third-order valence-corrected chi connectivity index (χ3v) is 18.7. The number of hydrogen-bond acceptors (Lipinski definition) is 14. The summed E-state index contributed by atoms with van der Waals surface area (Å²) in [5, 5.41) is 18.6. The fourth-order valence-electron chi connectivity index (χ4n) is 12.5. The molecule has 23 heteroatoms. The Morgan fingerprint density at radius 3 is 1.43 bits per heavy atom. The molecule has 1 aliphatic rings. The summed E-state index contributed by atoms with van der Waals surface area (Å²) in [6, 6.07) is -9.37. The van der Waals surface area contributed by atoms with Crippen molar-refractivity contribution in [3.8, 4) is 0 Å². The summed E-state index contributed by atoms with van der Waals surface area (Å²) in [4.78, 5) is 179. The van der Waals surface area contributed by atoms with E-state index in [1.807, 2.05) is 69.2 Å². The Morgan fingerprint density at radius 1 is 0.511 bits per heavy atom. The largest absolute Gasteiger partial charge is 0.390 e. The first-order valence-corrected chi connectivity index (χ1v) is 33.8. The molecule has 0 spiro atoms. The van der Waals surface area contributed by atoms with Crippen molar-refractivity contribution in [3.05, 3.63) is 18.2 Å². The molecule has 8 amide bonds. The lowest BCUT2D eigenvalue weighted by Gasteiger charge is -2.41. The Morgan fingerprint density at radius 2 is 0.967 bits per heavy atom. The minimum atomic E-state index is -1.52. The van der Waals surface area contributed by atoms with Crippen LogP contribution in [0.15, 0.2) is 12.5 Å². The number of amides is 8. The number of nitrogens with one attached hydrogen (secondary N) is 3. The Bertz CT molecular complexity index is 2610. The maximum absolute atomic E-state index is 15.4. The molecule has 2 rings (SSSR count). The van der Waals surface area contributed by atoms with E-state index >= 15 is 19.2 Å². The smallest absolute Gasteiger partial charge is 0.246 e. The Balaban J connectivity index is 2.98. The number of likely N-dealkylation sites (N-methyl/N-ethyl adjacent to an activating group) is 7. The standard InChI is InChI=1S/C69H121N11O12/c1-25-49-35-58(83)60(61(84)45(14)26-28-70-29-27-50-37-71-38-72-50)80(24)69(92)59(44(12)13)79(23)68(91)55(33-42(8)9)78(22)67(90)54(32-41(6)7)77(21)63(86)47(16)73-62(85)46(15)34-56(81)52(30-39(2)3)76(20)66(89)51(43(10)11)36-57(82)53(31-40(4)5)75(19)64(87)48(17)74(18)65(49)88/h37-49,51-55,59-61,70,84H,25-36H2,1-24H3,(H,71,72)(H,73,85)/t45-,46+,47+,48-,49+,51-,52-,53+,54-,55-,59-,60+,61-/m1/s1. The molecule has 4 N–H and O–H groups in total. The van der Waals surface area contributed by atoms with Crippen LogP contribution in [-0.2, 0) is 59.2 Å². The summed E-state index contributed by atoms with van der Waals surface area (Å²) in [5.74, 6) is -11.0. The highest BCUT2D eigenvalue weighted by Gasteiger charge is 2.46. The van der Waals surface area contributed by atoms with Crippen LogP contribution in [-0.4, -0.2) is 231 Å². The van der Waals surface area contributed by atoms with Crippen molar-refractivity contribution in [1.82, 2.24) is 54.9 Å². The molecule has 23 nitrogen and oxygen atoms in total. The number of rotatable bonds is 19. The van der Waals surface area contributed by atoms with Crippen LogP contribution in [0.2, 0.25) is 0 Å². The van der Waals surface area contributed by atoms with Gasteiger partial charge in [-0.15, -0.1) is 0 Å². The van der Waals surface area contributed by atoms with Crippen LogP contribution < -0.4 is 10.6 Å². The average Bonchev–Trinajstić information content (AvgIpc) is 0.893. The van der Waals surface area contributed by atoms with Crippen LogP contribution in [0.1, 0.15) is 181 Å². The van der Waals surface area contributed by atoms with Crippen LogP contribution in [0.3, 0.4) is 0 Å². The maximum Gasteiger partial charge on any atom is 0.246 e. The van der Waals surface area contributed by atoms with Crippen LogP contribution >= 0.6 is 0 Å². The Kier molecular flexibility index (Phi) is 33.6. The molecule has 0 bridgehead atoms. The van der Waals surface area contributed by atoms with Crippen molar-refractivity contribution in [2.45, 2.75) is 236 Å². The van der Waals surface area contributed by atoms with Gasteiger partial charge in [-0.1, -0.05) is 104 Å². The van der Waals surface area contributed by atoms with E-state index in [0.29, 0.717) is 25.9 Å². The molecule has 0 aromatic carbocycles. The van der Waals surface area contributed by atoms with E-state index in [9.17, 15) is 38.7 Å². The molecule has 1 aromatic heterocycles. The number of aliphatic hydroxyl groups excluding tert-OH is 1. The summed E-state index contributed by atoms with van der Waals surface area (Å²) < 4.78 is 0. The number of imidazole rings is 1. The molecule has 92 heavy (non-hydrogen) atoms. The van der Waals surface area contributed by atoms with Gasteiger partial charge in [0, 0.05) is 111 Å². The zero-order valence-electron chi connectivity index (χ0n) is 60.6. The second-order valence-electron chi connectivity index (χ2n) is 29.0. The number of aromatic nitrogens is 2. The summed E-state index contributed by atoms with van der Waals surface area (Å²) >= 11 is 0. The highest BCUT2D eigenvalue weighted by atomic mass is 16.3. The minimum Gasteiger partial charge on any atom is -0.390 e. The first-order chi connectivity index (χ1) is 42.7. The topological polar surface area (TPSA) is 283 Å². The number of nitrogens with zero attached hydrogens (tertiary/aromatic N) is 8. The zero-order chi connectivity index (χ0) is 70.7. The molecule has 0 unspecified atom stereocenters. The van der Waals surface area contributed by atoms with Crippen LogP contribution in [0.5, 0.6) is 0 Å². The molecule has 0 radical (unpaired) electrons. The van der Waals surface area contributed by atoms with Gasteiger partial charge in [0.1, 0.15) is 36.3 Å². The number of carbonyl (C=O) groups is 11. The molecule has 1 aromatic rings. The SMILES string of the molecule is CC[C@H]1CC(=O)[C@@H]([C@H](O)[C@H](C)CCNCCc2cnc[nH]2)N(C)C(=O)[C@@H](C(C)C)N(C)C(=O)[C@@H](CC(C)C)N(C)C(=O)[C@@H](CC(C)C)N(C)C(=O)[C@H](C)NC(=O)[C@@H](C)CC(=O)[C@@H](CC(C)C)N(C)C(=O)[C@@H](C(C)C)CC(=O)[C@H](CC(C)C)N(C)C(=O)[C@@H](C)N(C)C1=O. The number of aliphatic hydroxyl groups is 1. The molecule has 1 aliphatic heterocycles. The number of ketones is 3. The van der Waals surface area contributed by atoms with Crippen molar-refractivity contribution >= 4 is 64.6 Å². The number of Topliss-reactive ketones (excluding diaryl/α,β-unsaturated/α-hetero) is 3. The number of H-pyrrole nitrogens is 1. The lowest BCUT2D eigenvalue weighted by Crippen LogP contribution is -2.62. The van der Waals surface area contributed by atoms with Crippen LogP contribution in [0.25, 0.3) is 0 Å². The molecular weight excluding hydrogens is 1170 g/mol. The molecule has 2 heterocycles. The van der Waals surface area contributed by atoms with Crippen molar-refractivity contribution in [3.63, 3.8) is 0 Å². The molecule has 1 saturated heterocycles. The monoisotopic (exact) mass is 1300 g/mol. The first kappa shape index (κ1) is 82.0. The predicted molar refractivity (Wildman–Crippen MR) is 357 cm³/mol. The van der Waals surface area contributed by atoms with Crippen molar-refractivity contribution in [1.29, 1.82) is 0 Å². The highest BCUT2D eigenvalue weighted by molar-refractivity contribution is 6.00. The summed E-state index contributed by atoms with van der Waals surface area (Å²) in [6.07, 6.45) is 2.84. The Hall–Kier alpha value is -6.10. The zero-order valence-corrected chi connectivity index (χ0v) is 60.6. The van der Waals surface area contributed by atoms with Gasteiger partial charge in [0.05, 0.1) is 24.5 Å². The van der Waals surface area contributed by atoms with Crippen molar-refractivity contribution in [2.24, 2.45) is 59.2 Å². The third kappa shape index (κ3) is 22.8. The van der Waals surface area contributed by atoms with E-state index in [1.165, 1.54) is 97.5 Å². The number of carbonyl (C=O) groups excluding carboxylic acids is 11. The van der Waals surface area contributed by atoms with E-state index < -0.39 is 155 Å². The minimum absolute atomic E-state index is 0.0729. The van der Waals surface area contributed by atoms with E-state index in [0.717, 1.165) is 5.69 Å². The second-order valence-corrected chi connectivity index (χ2v) is 29.0. The normalized spacial score (nSPS) is 26.8. The van der Waals surface area contributed by atoms with Crippen molar-refractivity contribution < 1.29 is 57.8 Å². The maximum atomic E-state index is 15.4. The van der Waals surface area contributed by atoms with Gasteiger partial charge in [-0.3, -0.25) is 52.7 Å². The second kappa shape index (κ2) is 37.7. The molecule has 1 fully saturated rings. The average molecular weight is 1300 g/mol. The van der Waals surface area contributed by atoms with Crippen LogP contribution in [0.4, 0.5) is 0 Å². The van der Waals surface area contributed by atoms with Gasteiger partial charge in [-0.25, -0.2) is 4.98 Å². The molecule has 0 aliphatic carbocycles. The number of aromatic amines is 1. The Labute approximate surface area is 551 Å². The van der Waals surface area contributed by atoms with Gasteiger partial charge < -0.3 is 55.0 Å². The van der Waals surface area contributed by atoms with E-state index in [-0.39, 0.29) is 74.4 Å². The predicted octanol–water partition coefficient (Wildman–Crippen LogP) is 5.91. The molecule has 524 valence electrons. The fourth-order valence-corrected chi connectivity index (χ4v) is 12.5. The van der Waals surface area contributed by atoms with Gasteiger partial charge >= 0.3 is 0 Å². The van der Waals surface area contributed by atoms with Gasteiger partial charge in [-0.2, -0.15) is 0 Å². The van der Waals surface area contributed by atoms with Gasteiger partial charge in [0.15, 0.2) is 17.3 Å². The summed E-state index contributed by atoms with van der Waals surface area (Å²) in [7, 11) is 10.3. The lowest BCUT2D eigenvalue weighted by molar-refractivity contribution is -0.157. The molecular formula is C69H121N11O12. The highest BCUT2D eigenvalue weighted by Crippen LogP contribution is 2.30. The van der Waals surface area contributed by atoms with Gasteiger partial charge in [-0.05, 0) is 100 Å².